The molecule has 0 atom stereocenters. The number of hydrogen-bond donors (Lipinski definition) is 0. The number of aromatic nitrogens is 2. The fourth-order valence-corrected chi connectivity index (χ4v) is 3.79. The Morgan fingerprint density at radius 2 is 1.95 bits per heavy atom. The quantitative estimate of drug-likeness (QED) is 0.715. The van der Waals surface area contributed by atoms with Gasteiger partial charge in [-0.1, -0.05) is 25.1 Å². The van der Waals surface area contributed by atoms with E-state index in [2.05, 4.69) is 50.9 Å². The summed E-state index contributed by atoms with van der Waals surface area (Å²) in [5.41, 5.74) is 4.74. The number of hydrogen-bond acceptors (Lipinski definition) is 3. The molecule has 0 spiro atoms. The summed E-state index contributed by atoms with van der Waals surface area (Å²) in [6, 6.07) is 6.39. The third kappa shape index (κ3) is 2.37. The SMILES string of the molecule is CCCn1cnc2sc(C)c(-c3ccc(C)c(C)c3)c2c1=O. The van der Waals surface area contributed by atoms with Crippen LogP contribution in [0.5, 0.6) is 0 Å². The van der Waals surface area contributed by atoms with Gasteiger partial charge in [-0.05, 0) is 43.9 Å². The molecule has 22 heavy (non-hydrogen) atoms. The lowest BCUT2D eigenvalue weighted by Gasteiger charge is -2.07. The number of aryl methyl sites for hydroxylation is 4. The second-order valence-corrected chi connectivity index (χ2v) is 6.96. The van der Waals surface area contributed by atoms with Gasteiger partial charge in [-0.2, -0.15) is 0 Å². The van der Waals surface area contributed by atoms with Gasteiger partial charge in [-0.25, -0.2) is 4.98 Å². The van der Waals surface area contributed by atoms with Gasteiger partial charge in [-0.3, -0.25) is 9.36 Å². The minimum atomic E-state index is 0.0735. The Balaban J connectivity index is 2.32. The van der Waals surface area contributed by atoms with Gasteiger partial charge in [0.25, 0.3) is 5.56 Å². The van der Waals surface area contributed by atoms with Crippen LogP contribution < -0.4 is 5.56 Å². The molecule has 0 radical (unpaired) electrons. The standard InChI is InChI=1S/C18H20N2OS/c1-5-8-20-10-19-17-16(18(20)21)15(13(4)22-17)14-7-6-11(2)12(3)9-14/h6-7,9-10H,5,8H2,1-4H3. The number of thiophene rings is 1. The molecule has 0 aliphatic carbocycles. The van der Waals surface area contributed by atoms with E-state index in [4.69, 9.17) is 0 Å². The lowest BCUT2D eigenvalue weighted by atomic mass is 9.99. The summed E-state index contributed by atoms with van der Waals surface area (Å²) in [6.45, 7) is 9.06. The van der Waals surface area contributed by atoms with E-state index in [0.717, 1.165) is 32.6 Å². The first-order chi connectivity index (χ1) is 10.5. The Kier molecular flexibility index (Phi) is 3.87. The molecule has 2 heterocycles. The van der Waals surface area contributed by atoms with Crippen molar-refractivity contribution in [2.24, 2.45) is 0 Å². The van der Waals surface area contributed by atoms with Gasteiger partial charge in [0, 0.05) is 17.0 Å². The molecule has 0 saturated heterocycles. The maximum absolute atomic E-state index is 12.8. The second-order valence-electron chi connectivity index (χ2n) is 5.76. The molecule has 3 rings (SSSR count). The van der Waals surface area contributed by atoms with Crippen LogP contribution in [0.2, 0.25) is 0 Å². The topological polar surface area (TPSA) is 34.9 Å². The van der Waals surface area contributed by atoms with Gasteiger partial charge in [0.15, 0.2) is 0 Å². The highest BCUT2D eigenvalue weighted by Crippen LogP contribution is 2.36. The third-order valence-electron chi connectivity index (χ3n) is 4.11. The summed E-state index contributed by atoms with van der Waals surface area (Å²) in [5.74, 6) is 0. The zero-order valence-corrected chi connectivity index (χ0v) is 14.3. The molecule has 0 fully saturated rings. The second kappa shape index (κ2) is 5.69. The maximum atomic E-state index is 12.8. The summed E-state index contributed by atoms with van der Waals surface area (Å²) in [6.07, 6.45) is 2.60. The minimum Gasteiger partial charge on any atom is -0.299 e. The molecule has 2 aromatic heterocycles. The van der Waals surface area contributed by atoms with Gasteiger partial charge in [0.05, 0.1) is 11.7 Å². The Morgan fingerprint density at radius 1 is 1.18 bits per heavy atom. The Bertz CT molecular complexity index is 905. The molecule has 3 nitrogen and oxygen atoms in total. The van der Waals surface area contributed by atoms with Gasteiger partial charge in [0.1, 0.15) is 4.83 Å². The van der Waals surface area contributed by atoms with Crippen LogP contribution in [0, 0.1) is 20.8 Å². The Labute approximate surface area is 134 Å². The molecule has 0 N–H and O–H groups in total. The van der Waals surface area contributed by atoms with Gasteiger partial charge >= 0.3 is 0 Å². The van der Waals surface area contributed by atoms with E-state index in [1.54, 1.807) is 22.2 Å². The molecule has 0 bridgehead atoms. The van der Waals surface area contributed by atoms with Gasteiger partial charge in [-0.15, -0.1) is 11.3 Å². The molecule has 0 amide bonds. The van der Waals surface area contributed by atoms with Crippen LogP contribution in [0.4, 0.5) is 0 Å². The van der Waals surface area contributed by atoms with Crippen LogP contribution in [0.1, 0.15) is 29.3 Å². The van der Waals surface area contributed by atoms with Crippen molar-refractivity contribution in [3.05, 3.63) is 50.9 Å². The third-order valence-corrected chi connectivity index (χ3v) is 5.13. The molecule has 114 valence electrons. The number of nitrogens with zero attached hydrogens (tertiary/aromatic N) is 2. The molecule has 0 aliphatic rings. The monoisotopic (exact) mass is 312 g/mol. The average molecular weight is 312 g/mol. The van der Waals surface area contributed by atoms with E-state index in [9.17, 15) is 4.79 Å². The van der Waals surface area contributed by atoms with E-state index in [0.29, 0.717) is 6.54 Å². The molecule has 0 aliphatic heterocycles. The lowest BCUT2D eigenvalue weighted by molar-refractivity contribution is 0.648. The Morgan fingerprint density at radius 3 is 2.64 bits per heavy atom. The van der Waals surface area contributed by atoms with Crippen molar-refractivity contribution < 1.29 is 0 Å². The lowest BCUT2D eigenvalue weighted by Crippen LogP contribution is -2.20. The van der Waals surface area contributed by atoms with Crippen molar-refractivity contribution >= 4 is 21.6 Å². The van der Waals surface area contributed by atoms with E-state index in [-0.39, 0.29) is 5.56 Å². The molecular formula is C18H20N2OS. The number of fused-ring (bicyclic) bond motifs is 1. The zero-order chi connectivity index (χ0) is 15.9. The smallest absolute Gasteiger partial charge is 0.262 e. The summed E-state index contributed by atoms with van der Waals surface area (Å²) < 4.78 is 1.72. The fourth-order valence-electron chi connectivity index (χ4n) is 2.78. The van der Waals surface area contributed by atoms with Crippen LogP contribution in [-0.4, -0.2) is 9.55 Å². The van der Waals surface area contributed by atoms with Crippen molar-refractivity contribution in [1.29, 1.82) is 0 Å². The van der Waals surface area contributed by atoms with Gasteiger partial charge in [0.2, 0.25) is 0 Å². The molecular weight excluding hydrogens is 292 g/mol. The van der Waals surface area contributed by atoms with Crippen molar-refractivity contribution in [3.8, 4) is 11.1 Å². The first-order valence-electron chi connectivity index (χ1n) is 7.59. The summed E-state index contributed by atoms with van der Waals surface area (Å²) >= 11 is 1.60. The highest BCUT2D eigenvalue weighted by molar-refractivity contribution is 7.19. The first-order valence-corrected chi connectivity index (χ1v) is 8.40. The van der Waals surface area contributed by atoms with Crippen molar-refractivity contribution in [2.45, 2.75) is 40.7 Å². The van der Waals surface area contributed by atoms with Crippen LogP contribution in [-0.2, 0) is 6.54 Å². The minimum absolute atomic E-state index is 0.0735. The van der Waals surface area contributed by atoms with Crippen molar-refractivity contribution in [2.75, 3.05) is 0 Å². The van der Waals surface area contributed by atoms with E-state index < -0.39 is 0 Å². The number of benzene rings is 1. The van der Waals surface area contributed by atoms with Crippen LogP contribution in [0.15, 0.2) is 29.3 Å². The normalized spacial score (nSPS) is 11.3. The molecule has 0 unspecified atom stereocenters. The highest BCUT2D eigenvalue weighted by atomic mass is 32.1. The Hall–Kier alpha value is -1.94. The van der Waals surface area contributed by atoms with Crippen LogP contribution >= 0.6 is 11.3 Å². The predicted molar refractivity (Wildman–Crippen MR) is 93.8 cm³/mol. The summed E-state index contributed by atoms with van der Waals surface area (Å²) in [5, 5.41) is 0.765. The number of rotatable bonds is 3. The van der Waals surface area contributed by atoms with Crippen molar-refractivity contribution in [3.63, 3.8) is 0 Å². The summed E-state index contributed by atoms with van der Waals surface area (Å²) in [7, 11) is 0. The molecule has 1 aromatic carbocycles. The highest BCUT2D eigenvalue weighted by Gasteiger charge is 2.17. The van der Waals surface area contributed by atoms with Gasteiger partial charge < -0.3 is 0 Å². The van der Waals surface area contributed by atoms with E-state index in [1.165, 1.54) is 11.1 Å². The summed E-state index contributed by atoms with van der Waals surface area (Å²) in [4.78, 5) is 19.3. The first kappa shape index (κ1) is 15.0. The molecule has 3 aromatic rings. The molecule has 4 heteroatoms. The maximum Gasteiger partial charge on any atom is 0.262 e. The predicted octanol–water partition coefficient (Wildman–Crippen LogP) is 4.46. The van der Waals surface area contributed by atoms with E-state index >= 15 is 0 Å². The fraction of sp³-hybridized carbons (Fsp3) is 0.333. The van der Waals surface area contributed by atoms with Crippen molar-refractivity contribution in [1.82, 2.24) is 9.55 Å². The largest absolute Gasteiger partial charge is 0.299 e. The van der Waals surface area contributed by atoms with Crippen LogP contribution in [0.3, 0.4) is 0 Å². The zero-order valence-electron chi connectivity index (χ0n) is 13.4. The van der Waals surface area contributed by atoms with Crippen LogP contribution in [0.25, 0.3) is 21.3 Å². The molecule has 0 saturated carbocycles. The average Bonchev–Trinajstić information content (AvgIpc) is 2.82. The van der Waals surface area contributed by atoms with E-state index in [1.807, 2.05) is 0 Å².